The second-order valence-corrected chi connectivity index (χ2v) is 8.29. The maximum Gasteiger partial charge on any atom is 0.150 e. The van der Waals surface area contributed by atoms with Crippen molar-refractivity contribution >= 4 is 23.1 Å². The number of aliphatic hydroxyl groups is 1. The third kappa shape index (κ3) is 3.97. The topological polar surface area (TPSA) is 45.1 Å². The number of thiazole rings is 1. The average molecular weight is 315 g/mol. The Hall–Kier alpha value is -0.100. The molecule has 2 unspecified atom stereocenters. The zero-order chi connectivity index (χ0) is 14.6. The molecule has 0 aliphatic heterocycles. The lowest BCUT2D eigenvalue weighted by Crippen LogP contribution is -2.54. The Balaban J connectivity index is 1.87. The van der Waals surface area contributed by atoms with E-state index in [9.17, 15) is 5.11 Å². The molecule has 20 heavy (non-hydrogen) atoms. The summed E-state index contributed by atoms with van der Waals surface area (Å²) in [5, 5.41) is 15.6. The van der Waals surface area contributed by atoms with Crippen LogP contribution < -0.4 is 5.32 Å². The van der Waals surface area contributed by atoms with Crippen LogP contribution in [-0.2, 0) is 0 Å². The van der Waals surface area contributed by atoms with E-state index >= 15 is 0 Å². The SMILES string of the molecule is Cc1csc(SCCC2CCCC2(CO)NC(C)C)n1. The number of aromatic nitrogens is 1. The van der Waals surface area contributed by atoms with Crippen LogP contribution in [0.25, 0.3) is 0 Å². The van der Waals surface area contributed by atoms with Gasteiger partial charge in [-0.25, -0.2) is 4.98 Å². The molecule has 1 heterocycles. The zero-order valence-corrected chi connectivity index (χ0v) is 14.3. The van der Waals surface area contributed by atoms with E-state index in [-0.39, 0.29) is 12.1 Å². The summed E-state index contributed by atoms with van der Waals surface area (Å²) >= 11 is 3.59. The first-order valence-corrected chi connectivity index (χ1v) is 9.36. The van der Waals surface area contributed by atoms with Gasteiger partial charge < -0.3 is 10.4 Å². The van der Waals surface area contributed by atoms with Crippen LogP contribution in [0.2, 0.25) is 0 Å². The standard InChI is InChI=1S/C15H26N2OS2/c1-11(2)17-15(10-18)7-4-5-13(15)6-8-19-14-16-12(3)9-20-14/h9,11,13,17-18H,4-8,10H2,1-3H3. The fourth-order valence-corrected chi connectivity index (χ4v) is 5.24. The highest BCUT2D eigenvalue weighted by Gasteiger charge is 2.42. The number of aliphatic hydroxyl groups excluding tert-OH is 1. The summed E-state index contributed by atoms with van der Waals surface area (Å²) in [5.41, 5.74) is 1.07. The average Bonchev–Trinajstić information content (AvgIpc) is 2.97. The molecule has 0 aromatic carbocycles. The second-order valence-electron chi connectivity index (χ2n) is 6.09. The van der Waals surface area contributed by atoms with Crippen molar-refractivity contribution in [1.82, 2.24) is 10.3 Å². The van der Waals surface area contributed by atoms with Crippen molar-refractivity contribution < 1.29 is 5.11 Å². The maximum absolute atomic E-state index is 9.88. The normalized spacial score (nSPS) is 26.6. The molecule has 1 aromatic heterocycles. The summed E-state index contributed by atoms with van der Waals surface area (Å²) in [4.78, 5) is 4.50. The molecular formula is C15H26N2OS2. The Morgan fingerprint density at radius 2 is 2.40 bits per heavy atom. The van der Waals surface area contributed by atoms with Crippen molar-refractivity contribution in [3.8, 4) is 0 Å². The van der Waals surface area contributed by atoms with E-state index in [0.29, 0.717) is 12.0 Å². The highest BCUT2D eigenvalue weighted by atomic mass is 32.2. The van der Waals surface area contributed by atoms with Gasteiger partial charge in [-0.2, -0.15) is 0 Å². The lowest BCUT2D eigenvalue weighted by atomic mass is 9.85. The first kappa shape index (κ1) is 16.3. The van der Waals surface area contributed by atoms with Crippen LogP contribution in [0.4, 0.5) is 0 Å². The molecule has 1 saturated carbocycles. The number of nitrogens with zero attached hydrogens (tertiary/aromatic N) is 1. The molecule has 0 amide bonds. The third-order valence-corrected chi connectivity index (χ3v) is 6.28. The highest BCUT2D eigenvalue weighted by molar-refractivity contribution is 8.00. The van der Waals surface area contributed by atoms with E-state index in [0.717, 1.165) is 24.3 Å². The van der Waals surface area contributed by atoms with Crippen molar-refractivity contribution in [3.05, 3.63) is 11.1 Å². The van der Waals surface area contributed by atoms with Gasteiger partial charge >= 0.3 is 0 Å². The van der Waals surface area contributed by atoms with Gasteiger partial charge in [0.05, 0.1) is 6.61 Å². The molecule has 0 bridgehead atoms. The van der Waals surface area contributed by atoms with Crippen molar-refractivity contribution in [3.63, 3.8) is 0 Å². The van der Waals surface area contributed by atoms with Crippen molar-refractivity contribution in [2.24, 2.45) is 5.92 Å². The van der Waals surface area contributed by atoms with Crippen molar-refractivity contribution in [1.29, 1.82) is 0 Å². The summed E-state index contributed by atoms with van der Waals surface area (Å²) in [6, 6.07) is 0.428. The second kappa shape index (κ2) is 7.25. The Bertz CT molecular complexity index is 422. The van der Waals surface area contributed by atoms with Crippen LogP contribution in [0, 0.1) is 12.8 Å². The smallest absolute Gasteiger partial charge is 0.150 e. The van der Waals surface area contributed by atoms with E-state index in [2.05, 4.69) is 29.5 Å². The van der Waals surface area contributed by atoms with Crippen molar-refractivity contribution in [2.45, 2.75) is 62.4 Å². The molecule has 3 nitrogen and oxygen atoms in total. The fraction of sp³-hybridized carbons (Fsp3) is 0.800. The summed E-state index contributed by atoms with van der Waals surface area (Å²) in [7, 11) is 0. The molecule has 1 aliphatic rings. The highest BCUT2D eigenvalue weighted by Crippen LogP contribution is 2.39. The van der Waals surface area contributed by atoms with E-state index in [1.54, 1.807) is 11.3 Å². The molecule has 2 rings (SSSR count). The molecule has 5 heteroatoms. The first-order chi connectivity index (χ1) is 9.55. The van der Waals surface area contributed by atoms with Gasteiger partial charge in [0.15, 0.2) is 0 Å². The maximum atomic E-state index is 9.88. The van der Waals surface area contributed by atoms with Gasteiger partial charge in [-0.3, -0.25) is 0 Å². The molecule has 114 valence electrons. The summed E-state index contributed by atoms with van der Waals surface area (Å²) < 4.78 is 1.17. The van der Waals surface area contributed by atoms with Gasteiger partial charge in [0.25, 0.3) is 0 Å². The van der Waals surface area contributed by atoms with Gasteiger partial charge in [-0.15, -0.1) is 11.3 Å². The monoisotopic (exact) mass is 314 g/mol. The molecule has 0 spiro atoms. The third-order valence-electron chi connectivity index (χ3n) is 4.11. The van der Waals surface area contributed by atoms with Gasteiger partial charge in [-0.05, 0) is 32.1 Å². The molecule has 0 radical (unpaired) electrons. The van der Waals surface area contributed by atoms with E-state index in [1.807, 2.05) is 18.7 Å². The largest absolute Gasteiger partial charge is 0.394 e. The molecule has 2 atom stereocenters. The predicted octanol–water partition coefficient (Wildman–Crippen LogP) is 3.46. The summed E-state index contributed by atoms with van der Waals surface area (Å²) in [5.74, 6) is 1.68. The number of thioether (sulfide) groups is 1. The van der Waals surface area contributed by atoms with Crippen molar-refractivity contribution in [2.75, 3.05) is 12.4 Å². The first-order valence-electron chi connectivity index (χ1n) is 7.49. The minimum atomic E-state index is -0.0481. The minimum absolute atomic E-state index is 0.0481. The molecule has 0 saturated heterocycles. The van der Waals surface area contributed by atoms with E-state index < -0.39 is 0 Å². The van der Waals surface area contributed by atoms with Gasteiger partial charge in [-0.1, -0.05) is 32.0 Å². The lowest BCUT2D eigenvalue weighted by molar-refractivity contribution is 0.113. The summed E-state index contributed by atoms with van der Waals surface area (Å²) in [6.45, 7) is 6.64. The zero-order valence-electron chi connectivity index (χ0n) is 12.7. The Kier molecular flexibility index (Phi) is 5.90. The van der Waals surface area contributed by atoms with Crippen LogP contribution in [0.15, 0.2) is 9.72 Å². The number of nitrogens with one attached hydrogen (secondary N) is 1. The van der Waals surface area contributed by atoms with E-state index in [4.69, 9.17) is 0 Å². The number of hydrogen-bond acceptors (Lipinski definition) is 5. The molecule has 1 fully saturated rings. The number of aryl methyl sites for hydroxylation is 1. The quantitative estimate of drug-likeness (QED) is 0.757. The summed E-state index contributed by atoms with van der Waals surface area (Å²) in [6.07, 6.45) is 4.72. The van der Waals surface area contributed by atoms with Crippen LogP contribution >= 0.6 is 23.1 Å². The number of rotatable bonds is 7. The Morgan fingerprint density at radius 1 is 1.60 bits per heavy atom. The van der Waals surface area contributed by atoms with Crippen LogP contribution in [0.1, 0.15) is 45.2 Å². The minimum Gasteiger partial charge on any atom is -0.394 e. The molecule has 2 N–H and O–H groups in total. The van der Waals surface area contributed by atoms with E-state index in [1.165, 1.54) is 17.2 Å². The van der Waals surface area contributed by atoms with Gasteiger partial charge in [0.2, 0.25) is 0 Å². The fourth-order valence-electron chi connectivity index (χ4n) is 3.27. The number of hydrogen-bond donors (Lipinski definition) is 2. The van der Waals surface area contributed by atoms with Gasteiger partial charge in [0.1, 0.15) is 4.34 Å². The lowest BCUT2D eigenvalue weighted by Gasteiger charge is -2.37. The van der Waals surface area contributed by atoms with Crippen LogP contribution in [-0.4, -0.2) is 34.0 Å². The predicted molar refractivity (Wildman–Crippen MR) is 87.6 cm³/mol. The van der Waals surface area contributed by atoms with Gasteiger partial charge in [0, 0.05) is 28.4 Å². The Morgan fingerprint density at radius 3 is 3.00 bits per heavy atom. The van der Waals surface area contributed by atoms with Crippen LogP contribution in [0.3, 0.4) is 0 Å². The molecular weight excluding hydrogens is 288 g/mol. The molecule has 1 aromatic rings. The Labute approximate surface area is 130 Å². The van der Waals surface area contributed by atoms with Crippen LogP contribution in [0.5, 0.6) is 0 Å². The molecule has 1 aliphatic carbocycles.